The van der Waals surface area contributed by atoms with Crippen molar-refractivity contribution in [1.82, 2.24) is 4.72 Å². The van der Waals surface area contributed by atoms with Gasteiger partial charge in [0.1, 0.15) is 0 Å². The van der Waals surface area contributed by atoms with Gasteiger partial charge in [-0.3, -0.25) is 0 Å². The third-order valence-corrected chi connectivity index (χ3v) is 5.85. The molecule has 1 heterocycles. The van der Waals surface area contributed by atoms with E-state index in [1.54, 1.807) is 0 Å². The molecule has 2 rings (SSSR count). The Morgan fingerprint density at radius 1 is 1.50 bits per heavy atom. The minimum Gasteiger partial charge on any atom is -0.398 e. The van der Waals surface area contributed by atoms with Crippen LogP contribution < -0.4 is 10.5 Å². The van der Waals surface area contributed by atoms with Gasteiger partial charge >= 0.3 is 0 Å². The van der Waals surface area contributed by atoms with E-state index in [-0.39, 0.29) is 9.92 Å². The van der Waals surface area contributed by atoms with Crippen LogP contribution >= 0.6 is 23.4 Å². The van der Waals surface area contributed by atoms with E-state index in [0.29, 0.717) is 18.2 Å². The number of thioether (sulfide) groups is 1. The van der Waals surface area contributed by atoms with Crippen molar-refractivity contribution >= 4 is 39.1 Å². The van der Waals surface area contributed by atoms with Gasteiger partial charge < -0.3 is 5.73 Å². The minimum atomic E-state index is -3.49. The topological polar surface area (TPSA) is 72.2 Å². The van der Waals surface area contributed by atoms with E-state index in [2.05, 4.69) is 4.72 Å². The van der Waals surface area contributed by atoms with Gasteiger partial charge in [0.15, 0.2) is 0 Å². The van der Waals surface area contributed by atoms with Crippen molar-refractivity contribution in [2.75, 3.05) is 23.8 Å². The van der Waals surface area contributed by atoms with E-state index in [0.717, 1.165) is 17.9 Å². The van der Waals surface area contributed by atoms with Crippen LogP contribution in [-0.2, 0) is 10.0 Å². The third kappa shape index (κ3) is 3.32. The fraction of sp³-hybridized carbons (Fsp3) is 0.455. The molecule has 1 saturated heterocycles. The summed E-state index contributed by atoms with van der Waals surface area (Å²) < 4.78 is 26.7. The predicted molar refractivity (Wildman–Crippen MR) is 76.5 cm³/mol. The fourth-order valence-corrected chi connectivity index (χ4v) is 4.40. The molecule has 0 aromatic heterocycles. The van der Waals surface area contributed by atoms with Crippen LogP contribution in [0.5, 0.6) is 0 Å². The van der Waals surface area contributed by atoms with Crippen LogP contribution in [-0.4, -0.2) is 26.5 Å². The maximum absolute atomic E-state index is 12.0. The standard InChI is InChI=1S/C11H15ClN2O2S2/c12-10-5-9(1-2-11(10)13)18(15,16)14-6-8-3-4-17-7-8/h1-2,5,8,14H,3-4,6-7,13H2. The molecule has 18 heavy (non-hydrogen) atoms. The summed E-state index contributed by atoms with van der Waals surface area (Å²) in [5.41, 5.74) is 5.93. The quantitative estimate of drug-likeness (QED) is 0.834. The Morgan fingerprint density at radius 2 is 2.28 bits per heavy atom. The van der Waals surface area contributed by atoms with Crippen LogP contribution in [0.2, 0.25) is 5.02 Å². The zero-order chi connectivity index (χ0) is 13.2. The van der Waals surface area contributed by atoms with Gasteiger partial charge in [0.2, 0.25) is 10.0 Å². The average molecular weight is 307 g/mol. The summed E-state index contributed by atoms with van der Waals surface area (Å²) >= 11 is 7.69. The minimum absolute atomic E-state index is 0.160. The summed E-state index contributed by atoms with van der Waals surface area (Å²) in [7, 11) is -3.49. The lowest BCUT2D eigenvalue weighted by molar-refractivity contribution is 0.546. The molecule has 0 saturated carbocycles. The van der Waals surface area contributed by atoms with Gasteiger partial charge in [0.25, 0.3) is 0 Å². The summed E-state index contributed by atoms with van der Waals surface area (Å²) in [5, 5.41) is 0.259. The van der Waals surface area contributed by atoms with E-state index in [1.807, 2.05) is 11.8 Å². The third-order valence-electron chi connectivity index (χ3n) is 2.87. The summed E-state index contributed by atoms with van der Waals surface area (Å²) in [6.45, 7) is 0.483. The second-order valence-corrected chi connectivity index (χ2v) is 7.59. The predicted octanol–water partition coefficient (Wildman–Crippen LogP) is 1.95. The highest BCUT2D eigenvalue weighted by Crippen LogP contribution is 2.24. The smallest absolute Gasteiger partial charge is 0.240 e. The number of nitrogens with one attached hydrogen (secondary N) is 1. The van der Waals surface area contributed by atoms with E-state index in [9.17, 15) is 8.42 Å². The zero-order valence-corrected chi connectivity index (χ0v) is 12.1. The maximum Gasteiger partial charge on any atom is 0.240 e. The number of anilines is 1. The van der Waals surface area contributed by atoms with E-state index in [1.165, 1.54) is 18.2 Å². The molecule has 0 aliphatic carbocycles. The molecule has 1 aliphatic rings. The zero-order valence-electron chi connectivity index (χ0n) is 9.73. The highest BCUT2D eigenvalue weighted by atomic mass is 35.5. The van der Waals surface area contributed by atoms with Crippen LogP contribution in [0, 0.1) is 5.92 Å². The average Bonchev–Trinajstić information content (AvgIpc) is 2.83. The Hall–Kier alpha value is -0.430. The lowest BCUT2D eigenvalue weighted by Crippen LogP contribution is -2.29. The van der Waals surface area contributed by atoms with Gasteiger partial charge in [-0.15, -0.1) is 0 Å². The molecule has 1 atom stereocenters. The second-order valence-electron chi connectivity index (χ2n) is 4.26. The number of hydrogen-bond acceptors (Lipinski definition) is 4. The molecule has 100 valence electrons. The SMILES string of the molecule is Nc1ccc(S(=O)(=O)NCC2CCSC2)cc1Cl. The Morgan fingerprint density at radius 3 is 2.89 bits per heavy atom. The molecule has 1 fully saturated rings. The first-order chi connectivity index (χ1) is 8.49. The fourth-order valence-electron chi connectivity index (χ4n) is 1.73. The molecule has 1 unspecified atom stereocenters. The molecular weight excluding hydrogens is 292 g/mol. The van der Waals surface area contributed by atoms with Crippen molar-refractivity contribution in [2.45, 2.75) is 11.3 Å². The molecule has 4 nitrogen and oxygen atoms in total. The highest BCUT2D eigenvalue weighted by molar-refractivity contribution is 7.99. The summed E-state index contributed by atoms with van der Waals surface area (Å²) in [5.74, 6) is 2.56. The van der Waals surface area contributed by atoms with Gasteiger partial charge in [-0.1, -0.05) is 11.6 Å². The van der Waals surface area contributed by atoms with Crippen molar-refractivity contribution in [1.29, 1.82) is 0 Å². The van der Waals surface area contributed by atoms with Crippen molar-refractivity contribution in [3.63, 3.8) is 0 Å². The van der Waals surface area contributed by atoms with Gasteiger partial charge in [-0.25, -0.2) is 13.1 Å². The molecule has 0 amide bonds. The van der Waals surface area contributed by atoms with Crippen LogP contribution in [0.1, 0.15) is 6.42 Å². The van der Waals surface area contributed by atoms with Crippen molar-refractivity contribution in [2.24, 2.45) is 5.92 Å². The number of hydrogen-bond donors (Lipinski definition) is 2. The monoisotopic (exact) mass is 306 g/mol. The van der Waals surface area contributed by atoms with E-state index >= 15 is 0 Å². The first-order valence-corrected chi connectivity index (χ1v) is 8.63. The first-order valence-electron chi connectivity index (χ1n) is 5.61. The maximum atomic E-state index is 12.0. The normalized spacial score (nSPS) is 20.2. The molecule has 1 aliphatic heterocycles. The molecule has 0 radical (unpaired) electrons. The molecule has 0 bridgehead atoms. The largest absolute Gasteiger partial charge is 0.398 e. The molecule has 3 N–H and O–H groups in total. The molecule has 0 spiro atoms. The Bertz CT molecular complexity index is 528. The second kappa shape index (κ2) is 5.69. The summed E-state index contributed by atoms with van der Waals surface area (Å²) in [6.07, 6.45) is 1.07. The lowest BCUT2D eigenvalue weighted by Gasteiger charge is -2.11. The Labute approximate surface area is 116 Å². The highest BCUT2D eigenvalue weighted by Gasteiger charge is 2.20. The van der Waals surface area contributed by atoms with Gasteiger partial charge in [-0.05, 0) is 42.0 Å². The van der Waals surface area contributed by atoms with Gasteiger partial charge in [0.05, 0.1) is 15.6 Å². The number of rotatable bonds is 4. The van der Waals surface area contributed by atoms with E-state index < -0.39 is 10.0 Å². The number of halogens is 1. The van der Waals surface area contributed by atoms with Crippen molar-refractivity contribution in [3.8, 4) is 0 Å². The van der Waals surface area contributed by atoms with Crippen LogP contribution in [0.15, 0.2) is 23.1 Å². The van der Waals surface area contributed by atoms with Gasteiger partial charge in [0, 0.05) is 6.54 Å². The van der Waals surface area contributed by atoms with Crippen molar-refractivity contribution < 1.29 is 8.42 Å². The van der Waals surface area contributed by atoms with Gasteiger partial charge in [-0.2, -0.15) is 11.8 Å². The van der Waals surface area contributed by atoms with E-state index in [4.69, 9.17) is 17.3 Å². The summed E-state index contributed by atoms with van der Waals surface area (Å²) in [4.78, 5) is 0.160. The lowest BCUT2D eigenvalue weighted by atomic mass is 10.1. The molecule has 1 aromatic carbocycles. The van der Waals surface area contributed by atoms with Crippen LogP contribution in [0.4, 0.5) is 5.69 Å². The first kappa shape index (κ1) is 14.0. The van der Waals surface area contributed by atoms with Crippen LogP contribution in [0.25, 0.3) is 0 Å². The molecular formula is C11H15ClN2O2S2. The van der Waals surface area contributed by atoms with Crippen molar-refractivity contribution in [3.05, 3.63) is 23.2 Å². The number of sulfonamides is 1. The number of nitrogen functional groups attached to an aromatic ring is 1. The summed E-state index contributed by atoms with van der Waals surface area (Å²) in [6, 6.07) is 4.35. The number of nitrogens with two attached hydrogens (primary N) is 1. The Balaban J connectivity index is 2.07. The molecule has 1 aromatic rings. The number of benzene rings is 1. The Kier molecular flexibility index (Phi) is 4.42. The van der Waals surface area contributed by atoms with Crippen LogP contribution in [0.3, 0.4) is 0 Å². The molecule has 7 heteroatoms.